The third-order valence-electron chi connectivity index (χ3n) is 3.28. The van der Waals surface area contributed by atoms with Crippen molar-refractivity contribution in [3.63, 3.8) is 0 Å². The van der Waals surface area contributed by atoms with Gasteiger partial charge in [-0.1, -0.05) is 18.2 Å². The predicted octanol–water partition coefficient (Wildman–Crippen LogP) is 3.69. The average Bonchev–Trinajstić information content (AvgIpc) is 2.49. The first kappa shape index (κ1) is 16.7. The van der Waals surface area contributed by atoms with Crippen molar-refractivity contribution >= 4 is 5.97 Å². The Morgan fingerprint density at radius 1 is 1.09 bits per heavy atom. The summed E-state index contributed by atoms with van der Waals surface area (Å²) in [5.41, 5.74) is -0.239. The van der Waals surface area contributed by atoms with E-state index < -0.39 is 11.6 Å². The number of aliphatic carboxylic acids is 1. The molecule has 0 aromatic heterocycles. The van der Waals surface area contributed by atoms with E-state index in [1.807, 2.05) is 12.1 Å². The van der Waals surface area contributed by atoms with Crippen LogP contribution in [0.25, 0.3) is 0 Å². The molecule has 2 rings (SSSR count). The van der Waals surface area contributed by atoms with Crippen molar-refractivity contribution in [2.75, 3.05) is 6.61 Å². The summed E-state index contributed by atoms with van der Waals surface area (Å²) in [6.45, 7) is 3.45. The van der Waals surface area contributed by atoms with E-state index in [9.17, 15) is 9.90 Å². The van der Waals surface area contributed by atoms with Gasteiger partial charge in [0.15, 0.2) is 11.4 Å². The first-order chi connectivity index (χ1) is 10.9. The molecule has 121 valence electrons. The molecule has 2 aromatic carbocycles. The number of benzene rings is 2. The smallest absolute Gasteiger partial charge is 0.347 e. The molecule has 1 N–H and O–H groups in total. The Kier molecular flexibility index (Phi) is 5.11. The highest BCUT2D eigenvalue weighted by Crippen LogP contribution is 2.21. The van der Waals surface area contributed by atoms with Gasteiger partial charge in [0.2, 0.25) is 0 Å². The number of hydrogen-bond acceptors (Lipinski definition) is 3. The van der Waals surface area contributed by atoms with E-state index in [1.165, 1.54) is 26.0 Å². The fourth-order valence-corrected chi connectivity index (χ4v) is 1.91. The van der Waals surface area contributed by atoms with Crippen molar-refractivity contribution in [2.24, 2.45) is 0 Å². The molecule has 0 aliphatic heterocycles. The minimum absolute atomic E-state index is 0.0787. The van der Waals surface area contributed by atoms with Crippen molar-refractivity contribution in [3.05, 3.63) is 54.1 Å². The molecule has 23 heavy (non-hydrogen) atoms. The van der Waals surface area contributed by atoms with Crippen LogP contribution in [0.4, 0.5) is 0 Å². The molecular formula is C18H19O5. The first-order valence-corrected chi connectivity index (χ1v) is 7.28. The molecule has 0 saturated heterocycles. The molecule has 2 aromatic rings. The predicted molar refractivity (Wildman–Crippen MR) is 84.6 cm³/mol. The van der Waals surface area contributed by atoms with E-state index in [4.69, 9.17) is 14.6 Å². The summed E-state index contributed by atoms with van der Waals surface area (Å²) in [4.78, 5) is 11.0. The Labute approximate surface area is 135 Å². The zero-order chi connectivity index (χ0) is 16.9. The fraction of sp³-hybridized carbons (Fsp3) is 0.278. The third kappa shape index (κ3) is 4.92. The van der Waals surface area contributed by atoms with Crippen LogP contribution < -0.4 is 9.47 Å². The van der Waals surface area contributed by atoms with E-state index in [0.29, 0.717) is 24.5 Å². The van der Waals surface area contributed by atoms with E-state index in [2.05, 4.69) is 0 Å². The van der Waals surface area contributed by atoms with Gasteiger partial charge in [0.25, 0.3) is 0 Å². The topological polar surface area (TPSA) is 75.7 Å². The minimum atomic E-state index is -1.27. The van der Waals surface area contributed by atoms with E-state index in [0.717, 1.165) is 5.56 Å². The van der Waals surface area contributed by atoms with Gasteiger partial charge in [0.05, 0.1) is 6.61 Å². The number of carbonyl (C=O) groups is 1. The second-order valence-electron chi connectivity index (χ2n) is 5.63. The first-order valence-electron chi connectivity index (χ1n) is 7.28. The summed E-state index contributed by atoms with van der Waals surface area (Å²) < 4.78 is 11.0. The van der Waals surface area contributed by atoms with Crippen molar-refractivity contribution in [1.82, 2.24) is 0 Å². The monoisotopic (exact) mass is 315 g/mol. The lowest BCUT2D eigenvalue weighted by atomic mass is 10.1. The summed E-state index contributed by atoms with van der Waals surface area (Å²) in [6, 6.07) is 13.5. The maximum Gasteiger partial charge on any atom is 0.347 e. The lowest BCUT2D eigenvalue weighted by Crippen LogP contribution is -2.37. The Balaban J connectivity index is 1.87. The molecule has 1 radical (unpaired) electrons. The SMILES string of the molecule is CC(C)(Oc1ccc(CCOc2cccc([O])c2)cc1)C(=O)O. The second kappa shape index (κ2) is 7.05. The largest absolute Gasteiger partial charge is 0.493 e. The Morgan fingerprint density at radius 3 is 2.39 bits per heavy atom. The van der Waals surface area contributed by atoms with Gasteiger partial charge in [-0.05, 0) is 43.7 Å². The maximum atomic E-state index is 11.2. The van der Waals surface area contributed by atoms with E-state index >= 15 is 0 Å². The molecule has 0 bridgehead atoms. The summed E-state index contributed by atoms with van der Waals surface area (Å²) in [5.74, 6) is -0.0394. The van der Waals surface area contributed by atoms with Gasteiger partial charge in [-0.15, -0.1) is 0 Å². The zero-order valence-corrected chi connectivity index (χ0v) is 13.1. The second-order valence-corrected chi connectivity index (χ2v) is 5.63. The number of hydrogen-bond donors (Lipinski definition) is 1. The highest BCUT2D eigenvalue weighted by atomic mass is 16.5. The van der Waals surface area contributed by atoms with Gasteiger partial charge in [-0.3, -0.25) is 5.11 Å². The highest BCUT2D eigenvalue weighted by molar-refractivity contribution is 5.76. The molecule has 5 nitrogen and oxygen atoms in total. The van der Waals surface area contributed by atoms with Crippen LogP contribution in [0.5, 0.6) is 17.2 Å². The highest BCUT2D eigenvalue weighted by Gasteiger charge is 2.29. The number of rotatable bonds is 7. The Hall–Kier alpha value is -2.69. The molecule has 0 saturated carbocycles. The average molecular weight is 315 g/mol. The van der Waals surface area contributed by atoms with Gasteiger partial charge < -0.3 is 14.6 Å². The van der Waals surface area contributed by atoms with Gasteiger partial charge in [-0.2, -0.15) is 0 Å². The summed E-state index contributed by atoms with van der Waals surface area (Å²) in [7, 11) is 0. The van der Waals surface area contributed by atoms with Crippen molar-refractivity contribution in [2.45, 2.75) is 25.9 Å². The van der Waals surface area contributed by atoms with Gasteiger partial charge >= 0.3 is 5.97 Å². The van der Waals surface area contributed by atoms with E-state index in [-0.39, 0.29) is 5.75 Å². The van der Waals surface area contributed by atoms with Crippen LogP contribution in [0, 0.1) is 0 Å². The van der Waals surface area contributed by atoms with Crippen molar-refractivity contribution in [3.8, 4) is 17.2 Å². The van der Waals surface area contributed by atoms with Crippen LogP contribution in [-0.2, 0) is 16.3 Å². The summed E-state index contributed by atoms with van der Waals surface area (Å²) in [6.07, 6.45) is 0.672. The lowest BCUT2D eigenvalue weighted by Gasteiger charge is -2.21. The van der Waals surface area contributed by atoms with Crippen LogP contribution >= 0.6 is 0 Å². The standard InChI is InChI=1S/C18H19O5/c1-18(2,17(20)21)23-15-8-6-13(7-9-15)10-11-22-16-5-3-4-14(19)12-16/h3-9,12H,10-11H2,1-2H3,(H,20,21). The molecule has 5 heteroatoms. The molecule has 0 amide bonds. The normalized spacial score (nSPS) is 11.0. The fourth-order valence-electron chi connectivity index (χ4n) is 1.91. The minimum Gasteiger partial charge on any atom is -0.493 e. The van der Waals surface area contributed by atoms with Crippen LogP contribution in [0.3, 0.4) is 0 Å². The summed E-state index contributed by atoms with van der Waals surface area (Å²) >= 11 is 0. The molecular weight excluding hydrogens is 296 g/mol. The van der Waals surface area contributed by atoms with Gasteiger partial charge in [-0.25, -0.2) is 4.79 Å². The van der Waals surface area contributed by atoms with Crippen LogP contribution in [0.2, 0.25) is 0 Å². The van der Waals surface area contributed by atoms with Gasteiger partial charge in [0.1, 0.15) is 11.5 Å². The van der Waals surface area contributed by atoms with Crippen LogP contribution in [0.15, 0.2) is 48.5 Å². The van der Waals surface area contributed by atoms with Crippen LogP contribution in [0.1, 0.15) is 19.4 Å². The molecule has 0 atom stereocenters. The summed E-state index contributed by atoms with van der Waals surface area (Å²) in [5, 5.41) is 20.2. The van der Waals surface area contributed by atoms with Crippen molar-refractivity contribution in [1.29, 1.82) is 0 Å². The molecule has 0 heterocycles. The Bertz CT molecular complexity index is 661. The Morgan fingerprint density at radius 2 is 1.78 bits per heavy atom. The molecule has 0 aliphatic carbocycles. The number of carboxylic acids is 1. The van der Waals surface area contributed by atoms with Crippen LogP contribution in [-0.4, -0.2) is 23.3 Å². The maximum absolute atomic E-state index is 11.2. The molecule has 0 unspecified atom stereocenters. The van der Waals surface area contributed by atoms with E-state index in [1.54, 1.807) is 24.3 Å². The molecule has 0 aliphatic rings. The third-order valence-corrected chi connectivity index (χ3v) is 3.28. The number of carboxylic acid groups (broad SMARTS) is 1. The van der Waals surface area contributed by atoms with Gasteiger partial charge in [0, 0.05) is 12.5 Å². The quantitative estimate of drug-likeness (QED) is 0.845. The zero-order valence-electron chi connectivity index (χ0n) is 13.1. The lowest BCUT2D eigenvalue weighted by molar-refractivity contribution is -0.152. The molecule has 0 spiro atoms. The molecule has 0 fully saturated rings. The number of ether oxygens (including phenoxy) is 2. The van der Waals surface area contributed by atoms with Crippen molar-refractivity contribution < 1.29 is 24.5 Å².